The van der Waals surface area contributed by atoms with Crippen LogP contribution in [0.15, 0.2) is 78.9 Å². The maximum atomic E-state index is 13.9. The van der Waals surface area contributed by atoms with E-state index in [1.165, 1.54) is 18.2 Å². The summed E-state index contributed by atoms with van der Waals surface area (Å²) in [5.74, 6) is -1.58. The molecule has 1 aliphatic rings. The molecule has 6 nitrogen and oxygen atoms in total. The van der Waals surface area contributed by atoms with Crippen molar-refractivity contribution >= 4 is 11.9 Å². The van der Waals surface area contributed by atoms with Crippen molar-refractivity contribution in [1.29, 1.82) is 0 Å². The van der Waals surface area contributed by atoms with Crippen LogP contribution in [0.5, 0.6) is 0 Å². The van der Waals surface area contributed by atoms with Gasteiger partial charge in [-0.25, -0.2) is 9.18 Å². The Hall–Kier alpha value is -3.71. The number of benzene rings is 3. The van der Waals surface area contributed by atoms with Gasteiger partial charge in [-0.05, 0) is 48.1 Å². The number of nitrogens with one attached hydrogen (secondary N) is 1. The molecule has 7 heteroatoms. The molecule has 4 rings (SSSR count). The first-order valence-electron chi connectivity index (χ1n) is 11.3. The fraction of sp³-hybridized carbons (Fsp3) is 0.259. The summed E-state index contributed by atoms with van der Waals surface area (Å²) in [6.07, 6.45) is 0.957. The van der Waals surface area contributed by atoms with E-state index in [4.69, 9.17) is 5.73 Å². The van der Waals surface area contributed by atoms with Crippen LogP contribution < -0.4 is 11.1 Å². The van der Waals surface area contributed by atoms with E-state index < -0.39 is 29.9 Å². The number of aryl methyl sites for hydroxylation is 1. The molecule has 3 amide bonds. The van der Waals surface area contributed by atoms with Gasteiger partial charge in [-0.1, -0.05) is 66.7 Å². The Bertz CT molecular complexity index is 1140. The average molecular weight is 462 g/mol. The molecule has 1 heterocycles. The zero-order valence-corrected chi connectivity index (χ0v) is 18.7. The third kappa shape index (κ3) is 5.43. The molecule has 1 fully saturated rings. The van der Waals surface area contributed by atoms with E-state index in [2.05, 4.69) is 5.32 Å². The molecule has 3 aromatic carbocycles. The molecule has 0 unspecified atom stereocenters. The summed E-state index contributed by atoms with van der Waals surface area (Å²) in [6.45, 7) is 0.104. The molecular formula is C27H28FN3O3. The molecule has 0 bridgehead atoms. The van der Waals surface area contributed by atoms with Gasteiger partial charge in [-0.2, -0.15) is 0 Å². The molecule has 34 heavy (non-hydrogen) atoms. The van der Waals surface area contributed by atoms with Crippen LogP contribution in [0.1, 0.15) is 33.5 Å². The number of rotatable bonds is 8. The summed E-state index contributed by atoms with van der Waals surface area (Å²) in [6, 6.07) is 22.4. The minimum atomic E-state index is -0.871. The number of hydrogen-bond donors (Lipinski definition) is 3. The number of carbonyl (C=O) groups excluding carboxylic acids is 2. The van der Waals surface area contributed by atoms with E-state index in [-0.39, 0.29) is 18.1 Å². The van der Waals surface area contributed by atoms with E-state index in [0.29, 0.717) is 18.4 Å². The molecule has 4 N–H and O–H groups in total. The number of nitrogens with two attached hydrogens (primary N) is 1. The monoisotopic (exact) mass is 461 g/mol. The van der Waals surface area contributed by atoms with Crippen molar-refractivity contribution in [3.05, 3.63) is 107 Å². The Labute approximate surface area is 198 Å². The summed E-state index contributed by atoms with van der Waals surface area (Å²) in [5, 5.41) is 14.3. The lowest BCUT2D eigenvalue weighted by molar-refractivity contribution is 0.0100. The molecule has 3 aromatic rings. The number of aliphatic hydroxyl groups is 1. The average Bonchev–Trinajstić information content (AvgIpc) is 2.84. The highest BCUT2D eigenvalue weighted by atomic mass is 19.1. The normalized spacial score (nSPS) is 20.1. The Balaban J connectivity index is 1.57. The maximum Gasteiger partial charge on any atom is 0.318 e. The van der Waals surface area contributed by atoms with Crippen LogP contribution in [0.4, 0.5) is 9.18 Å². The van der Waals surface area contributed by atoms with Crippen molar-refractivity contribution < 1.29 is 19.1 Å². The van der Waals surface area contributed by atoms with Gasteiger partial charge in [0.15, 0.2) is 0 Å². The highest BCUT2D eigenvalue weighted by molar-refractivity contribution is 5.93. The van der Waals surface area contributed by atoms with Gasteiger partial charge in [-0.3, -0.25) is 4.79 Å². The van der Waals surface area contributed by atoms with Crippen molar-refractivity contribution in [2.45, 2.75) is 44.0 Å². The van der Waals surface area contributed by atoms with Crippen LogP contribution in [-0.2, 0) is 19.4 Å². The van der Waals surface area contributed by atoms with Crippen molar-refractivity contribution in [2.75, 3.05) is 0 Å². The van der Waals surface area contributed by atoms with E-state index >= 15 is 0 Å². The highest BCUT2D eigenvalue weighted by Gasteiger charge is 2.40. The first kappa shape index (κ1) is 23.4. The molecule has 0 aromatic heterocycles. The Kier molecular flexibility index (Phi) is 7.23. The van der Waals surface area contributed by atoms with Crippen LogP contribution >= 0.6 is 0 Å². The second-order valence-electron chi connectivity index (χ2n) is 8.63. The quantitative estimate of drug-likeness (QED) is 0.480. The minimum absolute atomic E-state index is 0.104. The third-order valence-corrected chi connectivity index (χ3v) is 6.30. The number of hydrogen-bond acceptors (Lipinski definition) is 3. The first-order valence-corrected chi connectivity index (χ1v) is 11.3. The Morgan fingerprint density at radius 3 is 2.26 bits per heavy atom. The summed E-state index contributed by atoms with van der Waals surface area (Å²) in [7, 11) is 0. The zero-order chi connectivity index (χ0) is 24.1. The summed E-state index contributed by atoms with van der Waals surface area (Å²) >= 11 is 0. The van der Waals surface area contributed by atoms with E-state index in [9.17, 15) is 19.1 Å². The minimum Gasteiger partial charge on any atom is -0.389 e. The second-order valence-corrected chi connectivity index (χ2v) is 8.63. The number of amides is 3. The number of nitrogens with zero attached hydrogens (tertiary/aromatic N) is 1. The van der Waals surface area contributed by atoms with E-state index in [1.807, 2.05) is 60.7 Å². The van der Waals surface area contributed by atoms with Gasteiger partial charge in [0.2, 0.25) is 0 Å². The fourth-order valence-corrected chi connectivity index (χ4v) is 4.47. The lowest BCUT2D eigenvalue weighted by Gasteiger charge is -2.44. The second kappa shape index (κ2) is 10.5. The summed E-state index contributed by atoms with van der Waals surface area (Å²) in [5.41, 5.74) is 7.74. The predicted octanol–water partition coefficient (Wildman–Crippen LogP) is 3.42. The molecule has 3 atom stereocenters. The molecule has 0 aliphatic carbocycles. The van der Waals surface area contributed by atoms with Crippen molar-refractivity contribution in [2.24, 2.45) is 5.73 Å². The molecule has 0 saturated carbocycles. The number of aliphatic hydroxyl groups excluding tert-OH is 1. The van der Waals surface area contributed by atoms with Crippen molar-refractivity contribution in [3.63, 3.8) is 0 Å². The van der Waals surface area contributed by atoms with Crippen molar-refractivity contribution in [3.8, 4) is 0 Å². The molecule has 0 radical (unpaired) electrons. The molecule has 176 valence electrons. The van der Waals surface area contributed by atoms with Gasteiger partial charge in [0.1, 0.15) is 5.82 Å². The van der Waals surface area contributed by atoms with Crippen LogP contribution in [0.25, 0.3) is 0 Å². The van der Waals surface area contributed by atoms with Crippen LogP contribution in [0.2, 0.25) is 0 Å². The van der Waals surface area contributed by atoms with Gasteiger partial charge in [0, 0.05) is 6.54 Å². The molecule has 1 aliphatic heterocycles. The summed E-state index contributed by atoms with van der Waals surface area (Å²) < 4.78 is 13.9. The number of urea groups is 1. The molecule has 0 spiro atoms. The Morgan fingerprint density at radius 2 is 1.62 bits per heavy atom. The highest BCUT2D eigenvalue weighted by Crippen LogP contribution is 2.25. The van der Waals surface area contributed by atoms with Crippen LogP contribution in [0.3, 0.4) is 0 Å². The maximum absolute atomic E-state index is 13.9. The van der Waals surface area contributed by atoms with Gasteiger partial charge >= 0.3 is 6.03 Å². The number of carbonyl (C=O) groups is 2. The van der Waals surface area contributed by atoms with E-state index in [0.717, 1.165) is 17.5 Å². The van der Waals surface area contributed by atoms with Gasteiger partial charge in [0.05, 0.1) is 23.8 Å². The standard InChI is InChI=1S/C27H28FN3O3/c28-22-13-11-20(15-21(22)26(29)33)17-31-24(16-19-9-5-2-6-10-19)25(32)23(30-27(31)34)14-12-18-7-3-1-4-8-18/h1-11,13,15,23-25,32H,12,14,16-17H2,(H2,29,33)(H,30,34)/t23-,24-,25-/m1/s1. The predicted molar refractivity (Wildman–Crippen MR) is 127 cm³/mol. The lowest BCUT2D eigenvalue weighted by atomic mass is 9.89. The number of primary amides is 1. The fourth-order valence-electron chi connectivity index (χ4n) is 4.47. The molecular weight excluding hydrogens is 433 g/mol. The van der Waals surface area contributed by atoms with E-state index in [1.54, 1.807) is 4.90 Å². The topological polar surface area (TPSA) is 95.7 Å². The largest absolute Gasteiger partial charge is 0.389 e. The van der Waals surface area contributed by atoms with Gasteiger partial charge < -0.3 is 21.1 Å². The summed E-state index contributed by atoms with van der Waals surface area (Å²) in [4.78, 5) is 26.3. The third-order valence-electron chi connectivity index (χ3n) is 6.30. The molecule has 1 saturated heterocycles. The number of halogens is 1. The van der Waals surface area contributed by atoms with Gasteiger partial charge in [-0.15, -0.1) is 0 Å². The SMILES string of the molecule is NC(=O)c1cc(CN2C(=O)N[C@H](CCc3ccccc3)[C@@H](O)[C@H]2Cc2ccccc2)ccc1F. The lowest BCUT2D eigenvalue weighted by Crippen LogP contribution is -2.65. The van der Waals surface area contributed by atoms with Crippen molar-refractivity contribution in [1.82, 2.24) is 10.2 Å². The zero-order valence-electron chi connectivity index (χ0n) is 18.7. The Morgan fingerprint density at radius 1 is 0.971 bits per heavy atom. The van der Waals surface area contributed by atoms with Gasteiger partial charge in [0.25, 0.3) is 5.91 Å². The first-order chi connectivity index (χ1) is 16.4. The van der Waals surface area contributed by atoms with Crippen LogP contribution in [0, 0.1) is 5.82 Å². The smallest absolute Gasteiger partial charge is 0.318 e. The van der Waals surface area contributed by atoms with Crippen LogP contribution in [-0.4, -0.2) is 40.1 Å².